The lowest BCUT2D eigenvalue weighted by atomic mass is 10.0. The number of carbonyl (C=O) groups is 1. The highest BCUT2D eigenvalue weighted by Gasteiger charge is 2.12. The molecular formula is C15H10BrNO. The summed E-state index contributed by atoms with van der Waals surface area (Å²) >= 11 is 3.37. The number of nitrogens with one attached hydrogen (secondary N) is 1. The molecule has 0 atom stereocenters. The first-order chi connectivity index (χ1) is 8.75. The van der Waals surface area contributed by atoms with Crippen molar-refractivity contribution in [2.24, 2.45) is 0 Å². The van der Waals surface area contributed by atoms with Gasteiger partial charge in [-0.3, -0.25) is 4.79 Å². The molecule has 0 aliphatic heterocycles. The highest BCUT2D eigenvalue weighted by atomic mass is 79.9. The van der Waals surface area contributed by atoms with E-state index in [0.29, 0.717) is 5.56 Å². The summed E-state index contributed by atoms with van der Waals surface area (Å²) in [5, 5.41) is 0.963. The fourth-order valence-electron chi connectivity index (χ4n) is 2.04. The van der Waals surface area contributed by atoms with Gasteiger partial charge in [0.25, 0.3) is 0 Å². The molecular weight excluding hydrogens is 290 g/mol. The van der Waals surface area contributed by atoms with Crippen molar-refractivity contribution in [1.82, 2.24) is 4.98 Å². The summed E-state index contributed by atoms with van der Waals surface area (Å²) in [6.07, 6.45) is 1.85. The van der Waals surface area contributed by atoms with E-state index in [2.05, 4.69) is 20.9 Å². The molecule has 1 N–H and O–H groups in total. The Kier molecular flexibility index (Phi) is 2.76. The summed E-state index contributed by atoms with van der Waals surface area (Å²) in [4.78, 5) is 15.6. The molecule has 2 nitrogen and oxygen atoms in total. The van der Waals surface area contributed by atoms with Crippen LogP contribution in [0, 0.1) is 0 Å². The highest BCUT2D eigenvalue weighted by Crippen LogP contribution is 2.21. The van der Waals surface area contributed by atoms with Gasteiger partial charge < -0.3 is 4.98 Å². The van der Waals surface area contributed by atoms with Crippen molar-refractivity contribution in [2.75, 3.05) is 0 Å². The molecule has 0 bridgehead atoms. The van der Waals surface area contributed by atoms with E-state index in [9.17, 15) is 4.79 Å². The standard InChI is InChI=1S/C15H10BrNO/c16-11-6-4-10(5-7-11)15(18)13-2-1-3-14-12(13)8-9-17-14/h1-9,17H. The van der Waals surface area contributed by atoms with Crippen LogP contribution in [0.5, 0.6) is 0 Å². The summed E-state index contributed by atoms with van der Waals surface area (Å²) in [5.41, 5.74) is 2.42. The van der Waals surface area contributed by atoms with E-state index in [1.54, 1.807) is 0 Å². The second-order valence-electron chi connectivity index (χ2n) is 4.08. The van der Waals surface area contributed by atoms with Crippen LogP contribution in [0.4, 0.5) is 0 Å². The normalized spacial score (nSPS) is 10.7. The summed E-state index contributed by atoms with van der Waals surface area (Å²) in [7, 11) is 0. The third-order valence-corrected chi connectivity index (χ3v) is 3.47. The number of aromatic nitrogens is 1. The molecule has 0 unspecified atom stereocenters. The quantitative estimate of drug-likeness (QED) is 0.708. The third kappa shape index (κ3) is 1.87. The van der Waals surface area contributed by atoms with Crippen molar-refractivity contribution in [3.05, 3.63) is 70.3 Å². The van der Waals surface area contributed by atoms with Gasteiger partial charge in [0.05, 0.1) is 0 Å². The van der Waals surface area contributed by atoms with E-state index in [-0.39, 0.29) is 5.78 Å². The molecule has 3 heteroatoms. The highest BCUT2D eigenvalue weighted by molar-refractivity contribution is 9.10. The van der Waals surface area contributed by atoms with Crippen LogP contribution in [-0.4, -0.2) is 10.8 Å². The van der Waals surface area contributed by atoms with Gasteiger partial charge >= 0.3 is 0 Å². The van der Waals surface area contributed by atoms with Crippen LogP contribution in [0.3, 0.4) is 0 Å². The average Bonchev–Trinajstić information content (AvgIpc) is 2.87. The van der Waals surface area contributed by atoms with Crippen LogP contribution in [0.25, 0.3) is 10.9 Å². The van der Waals surface area contributed by atoms with Crippen molar-refractivity contribution < 1.29 is 4.79 Å². The van der Waals surface area contributed by atoms with Gasteiger partial charge in [0, 0.05) is 32.7 Å². The van der Waals surface area contributed by atoms with Gasteiger partial charge in [0.2, 0.25) is 0 Å². The Labute approximate surface area is 113 Å². The molecule has 88 valence electrons. The van der Waals surface area contributed by atoms with Crippen molar-refractivity contribution in [1.29, 1.82) is 0 Å². The Hall–Kier alpha value is -1.87. The maximum atomic E-state index is 12.4. The first-order valence-corrected chi connectivity index (χ1v) is 6.41. The van der Waals surface area contributed by atoms with E-state index in [1.807, 2.05) is 54.7 Å². The molecule has 3 aromatic rings. The van der Waals surface area contributed by atoms with Gasteiger partial charge in [-0.2, -0.15) is 0 Å². The largest absolute Gasteiger partial charge is 0.361 e. The maximum Gasteiger partial charge on any atom is 0.193 e. The zero-order chi connectivity index (χ0) is 12.5. The topological polar surface area (TPSA) is 32.9 Å². The van der Waals surface area contributed by atoms with Crippen molar-refractivity contribution in [3.8, 4) is 0 Å². The first-order valence-electron chi connectivity index (χ1n) is 5.62. The van der Waals surface area contributed by atoms with E-state index >= 15 is 0 Å². The fourth-order valence-corrected chi connectivity index (χ4v) is 2.30. The fraction of sp³-hybridized carbons (Fsp3) is 0. The second-order valence-corrected chi connectivity index (χ2v) is 5.00. The number of H-pyrrole nitrogens is 1. The van der Waals surface area contributed by atoms with Crippen molar-refractivity contribution in [3.63, 3.8) is 0 Å². The van der Waals surface area contributed by atoms with Crippen LogP contribution < -0.4 is 0 Å². The number of fused-ring (bicyclic) bond motifs is 1. The lowest BCUT2D eigenvalue weighted by Gasteiger charge is -2.03. The van der Waals surface area contributed by atoms with Gasteiger partial charge in [0.15, 0.2) is 5.78 Å². The number of hydrogen-bond donors (Lipinski definition) is 1. The molecule has 2 aromatic carbocycles. The minimum Gasteiger partial charge on any atom is -0.361 e. The Bertz CT molecular complexity index is 713. The molecule has 0 fully saturated rings. The summed E-state index contributed by atoms with van der Waals surface area (Å²) in [6.45, 7) is 0. The number of carbonyl (C=O) groups excluding carboxylic acids is 1. The Balaban J connectivity index is 2.12. The molecule has 0 aliphatic rings. The third-order valence-electron chi connectivity index (χ3n) is 2.95. The minimum absolute atomic E-state index is 0.0488. The van der Waals surface area contributed by atoms with Gasteiger partial charge in [-0.15, -0.1) is 0 Å². The van der Waals surface area contributed by atoms with Crippen LogP contribution >= 0.6 is 15.9 Å². The Morgan fingerprint density at radius 2 is 1.78 bits per heavy atom. The zero-order valence-corrected chi connectivity index (χ0v) is 11.1. The molecule has 0 saturated heterocycles. The molecule has 1 heterocycles. The van der Waals surface area contributed by atoms with Crippen molar-refractivity contribution >= 4 is 32.6 Å². The number of ketones is 1. The molecule has 0 amide bonds. The smallest absolute Gasteiger partial charge is 0.193 e. The molecule has 0 aliphatic carbocycles. The number of benzene rings is 2. The molecule has 1 aromatic heterocycles. The summed E-state index contributed by atoms with van der Waals surface area (Å²) in [5.74, 6) is 0.0488. The van der Waals surface area contributed by atoms with E-state index in [0.717, 1.165) is 20.9 Å². The van der Waals surface area contributed by atoms with Gasteiger partial charge in [0.1, 0.15) is 0 Å². The number of hydrogen-bond acceptors (Lipinski definition) is 1. The number of rotatable bonds is 2. The van der Waals surface area contributed by atoms with E-state index in [1.165, 1.54) is 0 Å². The summed E-state index contributed by atoms with van der Waals surface area (Å²) < 4.78 is 0.971. The Morgan fingerprint density at radius 3 is 2.56 bits per heavy atom. The predicted molar refractivity (Wildman–Crippen MR) is 75.9 cm³/mol. The minimum atomic E-state index is 0.0488. The molecule has 0 saturated carbocycles. The SMILES string of the molecule is O=C(c1ccc(Br)cc1)c1cccc2[nH]ccc12. The van der Waals surface area contributed by atoms with Crippen LogP contribution in [0.2, 0.25) is 0 Å². The zero-order valence-electron chi connectivity index (χ0n) is 9.48. The lowest BCUT2D eigenvalue weighted by molar-refractivity contribution is 0.104. The second kappa shape index (κ2) is 4.42. The molecule has 0 radical (unpaired) electrons. The monoisotopic (exact) mass is 299 g/mol. The van der Waals surface area contributed by atoms with Gasteiger partial charge in [-0.1, -0.05) is 28.1 Å². The van der Waals surface area contributed by atoms with Crippen LogP contribution in [-0.2, 0) is 0 Å². The Morgan fingerprint density at radius 1 is 1.00 bits per heavy atom. The van der Waals surface area contributed by atoms with Crippen LogP contribution in [0.15, 0.2) is 59.2 Å². The predicted octanol–water partition coefficient (Wildman–Crippen LogP) is 4.16. The maximum absolute atomic E-state index is 12.4. The summed E-state index contributed by atoms with van der Waals surface area (Å²) in [6, 6.07) is 15.1. The number of aromatic amines is 1. The van der Waals surface area contributed by atoms with E-state index < -0.39 is 0 Å². The lowest BCUT2D eigenvalue weighted by Crippen LogP contribution is -2.01. The molecule has 0 spiro atoms. The van der Waals surface area contributed by atoms with Crippen molar-refractivity contribution in [2.45, 2.75) is 0 Å². The molecule has 3 rings (SSSR count). The van der Waals surface area contributed by atoms with Gasteiger partial charge in [-0.05, 0) is 36.4 Å². The first kappa shape index (κ1) is 11.2. The van der Waals surface area contributed by atoms with E-state index in [4.69, 9.17) is 0 Å². The molecule has 18 heavy (non-hydrogen) atoms. The van der Waals surface area contributed by atoms with Gasteiger partial charge in [-0.25, -0.2) is 0 Å². The average molecular weight is 300 g/mol. The van der Waals surface area contributed by atoms with Crippen LogP contribution in [0.1, 0.15) is 15.9 Å². The number of halogens is 1.